The Hall–Kier alpha value is -2.69. The van der Waals surface area contributed by atoms with Gasteiger partial charge in [-0.3, -0.25) is 5.32 Å². The number of hydrogen-bond acceptors (Lipinski definition) is 3. The van der Waals surface area contributed by atoms with E-state index >= 15 is 0 Å². The van der Waals surface area contributed by atoms with Crippen LogP contribution >= 0.6 is 0 Å². The maximum absolute atomic E-state index is 5.74. The third kappa shape index (κ3) is 3.65. The minimum atomic E-state index is 0.273. The second-order valence-electron chi connectivity index (χ2n) is 4.22. The van der Waals surface area contributed by atoms with Gasteiger partial charge in [0.2, 0.25) is 5.95 Å². The quantitative estimate of drug-likeness (QED) is 0.506. The van der Waals surface area contributed by atoms with Gasteiger partial charge in [-0.25, -0.2) is 15.0 Å². The second kappa shape index (κ2) is 6.47. The highest BCUT2D eigenvalue weighted by molar-refractivity contribution is 5.90. The van der Waals surface area contributed by atoms with Crippen LogP contribution in [0.1, 0.15) is 5.69 Å². The highest BCUT2D eigenvalue weighted by Crippen LogP contribution is 2.18. The molecule has 0 saturated heterocycles. The van der Waals surface area contributed by atoms with Crippen LogP contribution in [0.4, 0.5) is 5.95 Å². The van der Waals surface area contributed by atoms with Gasteiger partial charge >= 0.3 is 0 Å². The summed E-state index contributed by atoms with van der Waals surface area (Å²) in [5.41, 5.74) is 8.48. The summed E-state index contributed by atoms with van der Waals surface area (Å²) >= 11 is 0. The molecule has 0 aliphatic rings. The Bertz CT molecular complexity index is 619. The molecule has 5 heteroatoms. The highest BCUT2D eigenvalue weighted by atomic mass is 15.2. The van der Waals surface area contributed by atoms with Gasteiger partial charge in [-0.05, 0) is 13.0 Å². The van der Waals surface area contributed by atoms with Crippen LogP contribution in [0, 0.1) is 6.92 Å². The van der Waals surface area contributed by atoms with Crippen molar-refractivity contribution in [3.63, 3.8) is 0 Å². The first kappa shape index (κ1) is 13.7. The van der Waals surface area contributed by atoms with E-state index in [0.717, 1.165) is 17.0 Å². The molecule has 2 rings (SSSR count). The number of nitrogens with two attached hydrogens (primary N) is 1. The van der Waals surface area contributed by atoms with E-state index in [9.17, 15) is 0 Å². The van der Waals surface area contributed by atoms with Gasteiger partial charge in [0.25, 0.3) is 0 Å². The van der Waals surface area contributed by atoms with Gasteiger partial charge in [0.05, 0.1) is 12.2 Å². The molecule has 0 atom stereocenters. The Kier molecular flexibility index (Phi) is 4.44. The van der Waals surface area contributed by atoms with Crippen molar-refractivity contribution in [2.45, 2.75) is 6.92 Å². The zero-order chi connectivity index (χ0) is 14.4. The predicted octanol–water partition coefficient (Wildman–Crippen LogP) is 2.36. The molecule has 0 aliphatic heterocycles. The Balaban J connectivity index is 2.28. The van der Waals surface area contributed by atoms with E-state index in [4.69, 9.17) is 5.73 Å². The van der Waals surface area contributed by atoms with Gasteiger partial charge in [0.1, 0.15) is 0 Å². The van der Waals surface area contributed by atoms with E-state index < -0.39 is 0 Å². The number of aromatic nitrogens is 2. The summed E-state index contributed by atoms with van der Waals surface area (Å²) in [4.78, 5) is 12.8. The lowest BCUT2D eigenvalue weighted by molar-refractivity contribution is 1.11. The average Bonchev–Trinajstić information content (AvgIpc) is 2.45. The average molecular weight is 267 g/mol. The maximum atomic E-state index is 5.74. The van der Waals surface area contributed by atoms with E-state index in [1.807, 2.05) is 43.3 Å². The number of anilines is 1. The van der Waals surface area contributed by atoms with Crippen LogP contribution in [0.3, 0.4) is 0 Å². The van der Waals surface area contributed by atoms with Crippen molar-refractivity contribution in [3.05, 3.63) is 54.7 Å². The monoisotopic (exact) mass is 267 g/mol. The Morgan fingerprint density at radius 2 is 2.10 bits per heavy atom. The van der Waals surface area contributed by atoms with Gasteiger partial charge in [0, 0.05) is 11.3 Å². The minimum absolute atomic E-state index is 0.273. The Morgan fingerprint density at radius 3 is 2.80 bits per heavy atom. The summed E-state index contributed by atoms with van der Waals surface area (Å²) in [7, 11) is 0. The lowest BCUT2D eigenvalue weighted by Crippen LogP contribution is -2.24. The van der Waals surface area contributed by atoms with E-state index in [2.05, 4.69) is 26.9 Å². The number of nitrogens with one attached hydrogen (secondary N) is 1. The molecule has 0 amide bonds. The minimum Gasteiger partial charge on any atom is -0.370 e. The highest BCUT2D eigenvalue weighted by Gasteiger charge is 2.05. The Labute approximate surface area is 118 Å². The van der Waals surface area contributed by atoms with Crippen LogP contribution in [0.2, 0.25) is 0 Å². The molecule has 5 nitrogen and oxygen atoms in total. The van der Waals surface area contributed by atoms with Gasteiger partial charge in [-0.2, -0.15) is 0 Å². The molecule has 0 radical (unpaired) electrons. The predicted molar refractivity (Wildman–Crippen MR) is 82.5 cm³/mol. The van der Waals surface area contributed by atoms with Gasteiger partial charge < -0.3 is 5.73 Å². The number of nitrogens with zero attached hydrogens (tertiary/aromatic N) is 3. The van der Waals surface area contributed by atoms with E-state index in [-0.39, 0.29) is 5.96 Å². The standard InChI is InChI=1S/C15H17N5/c1-3-9-17-14(16)20-15-18-11(2)10-13(19-15)12-7-5-4-6-8-12/h3-8,10H,1,9H2,2H3,(H3,16,17,18,19,20). The van der Waals surface area contributed by atoms with Crippen molar-refractivity contribution in [3.8, 4) is 11.3 Å². The third-order valence-electron chi connectivity index (χ3n) is 2.55. The molecule has 20 heavy (non-hydrogen) atoms. The van der Waals surface area contributed by atoms with Crippen LogP contribution < -0.4 is 11.1 Å². The molecule has 1 aromatic heterocycles. The lowest BCUT2D eigenvalue weighted by Gasteiger charge is -2.07. The van der Waals surface area contributed by atoms with Crippen molar-refractivity contribution < 1.29 is 0 Å². The Morgan fingerprint density at radius 1 is 1.35 bits per heavy atom. The summed E-state index contributed by atoms with van der Waals surface area (Å²) in [6, 6.07) is 11.8. The topological polar surface area (TPSA) is 76.2 Å². The van der Waals surface area contributed by atoms with Crippen LogP contribution in [-0.2, 0) is 0 Å². The molecule has 1 aromatic carbocycles. The number of benzene rings is 1. The van der Waals surface area contributed by atoms with E-state index in [0.29, 0.717) is 12.5 Å². The van der Waals surface area contributed by atoms with Crippen molar-refractivity contribution in [1.29, 1.82) is 0 Å². The van der Waals surface area contributed by atoms with Crippen LogP contribution in [0.25, 0.3) is 11.3 Å². The van der Waals surface area contributed by atoms with Crippen molar-refractivity contribution in [2.75, 3.05) is 11.9 Å². The first-order chi connectivity index (χ1) is 9.69. The van der Waals surface area contributed by atoms with Crippen molar-refractivity contribution in [1.82, 2.24) is 9.97 Å². The van der Waals surface area contributed by atoms with Crippen LogP contribution in [0.5, 0.6) is 0 Å². The van der Waals surface area contributed by atoms with Gasteiger partial charge in [0.15, 0.2) is 5.96 Å². The molecule has 0 unspecified atom stereocenters. The smallest absolute Gasteiger partial charge is 0.230 e. The van der Waals surface area contributed by atoms with Crippen molar-refractivity contribution >= 4 is 11.9 Å². The summed E-state index contributed by atoms with van der Waals surface area (Å²) in [5.74, 6) is 0.712. The number of aliphatic imine (C=N–C) groups is 1. The summed E-state index contributed by atoms with van der Waals surface area (Å²) in [6.07, 6.45) is 1.67. The van der Waals surface area contributed by atoms with Crippen LogP contribution in [0.15, 0.2) is 54.0 Å². The largest absolute Gasteiger partial charge is 0.370 e. The van der Waals surface area contributed by atoms with Gasteiger partial charge in [-0.1, -0.05) is 36.4 Å². The number of rotatable bonds is 4. The lowest BCUT2D eigenvalue weighted by atomic mass is 10.1. The molecule has 0 saturated carbocycles. The van der Waals surface area contributed by atoms with E-state index in [1.54, 1.807) is 6.08 Å². The molecule has 0 aliphatic carbocycles. The first-order valence-electron chi connectivity index (χ1n) is 6.28. The maximum Gasteiger partial charge on any atom is 0.230 e. The van der Waals surface area contributed by atoms with Crippen molar-refractivity contribution in [2.24, 2.45) is 10.7 Å². The fourth-order valence-electron chi connectivity index (χ4n) is 1.70. The number of guanidine groups is 1. The normalized spacial score (nSPS) is 11.2. The fraction of sp³-hybridized carbons (Fsp3) is 0.133. The van der Waals surface area contributed by atoms with Crippen LogP contribution in [-0.4, -0.2) is 22.5 Å². The molecule has 2 aromatic rings. The molecular formula is C15H17N5. The molecule has 0 spiro atoms. The molecular weight excluding hydrogens is 250 g/mol. The molecule has 3 N–H and O–H groups in total. The zero-order valence-corrected chi connectivity index (χ0v) is 11.4. The summed E-state index contributed by atoms with van der Waals surface area (Å²) < 4.78 is 0. The molecule has 0 fully saturated rings. The molecule has 1 heterocycles. The summed E-state index contributed by atoms with van der Waals surface area (Å²) in [5, 5.41) is 2.89. The van der Waals surface area contributed by atoms with Gasteiger partial charge in [-0.15, -0.1) is 6.58 Å². The van der Waals surface area contributed by atoms with E-state index in [1.165, 1.54) is 0 Å². The fourth-order valence-corrected chi connectivity index (χ4v) is 1.70. The molecule has 0 bridgehead atoms. The zero-order valence-electron chi connectivity index (χ0n) is 11.4. The first-order valence-corrected chi connectivity index (χ1v) is 6.28. The second-order valence-corrected chi connectivity index (χ2v) is 4.22. The SMILES string of the molecule is C=CCN=C(N)Nc1nc(C)cc(-c2ccccc2)n1. The summed E-state index contributed by atoms with van der Waals surface area (Å²) in [6.45, 7) is 5.95. The third-order valence-corrected chi connectivity index (χ3v) is 2.55. The number of aryl methyl sites for hydroxylation is 1. The molecule has 102 valence electrons. The number of hydrogen-bond donors (Lipinski definition) is 2.